The summed E-state index contributed by atoms with van der Waals surface area (Å²) in [5.74, 6) is -0.184. The van der Waals surface area contributed by atoms with Crippen molar-refractivity contribution in [3.05, 3.63) is 60.3 Å². The Hall–Kier alpha value is -3.42. The highest BCUT2D eigenvalue weighted by molar-refractivity contribution is 5.87. The van der Waals surface area contributed by atoms with Crippen LogP contribution in [0.4, 0.5) is 0 Å². The van der Waals surface area contributed by atoms with Gasteiger partial charge in [0.2, 0.25) is 0 Å². The van der Waals surface area contributed by atoms with E-state index in [1.165, 1.54) is 0 Å². The number of hydrogen-bond acceptors (Lipinski definition) is 8. The highest BCUT2D eigenvalue weighted by Crippen LogP contribution is 2.01. The number of unbranched alkanes of at least 4 members (excludes halogenated alkanes) is 2. The highest BCUT2D eigenvalue weighted by Gasteiger charge is 2.04. The van der Waals surface area contributed by atoms with E-state index >= 15 is 0 Å². The third-order valence-corrected chi connectivity index (χ3v) is 5.70. The molecule has 0 atom stereocenters. The Kier molecular flexibility index (Phi) is 46.7. The molecule has 0 bridgehead atoms. The fourth-order valence-corrected chi connectivity index (χ4v) is 2.84. The van der Waals surface area contributed by atoms with Crippen molar-refractivity contribution >= 4 is 23.9 Å². The minimum absolute atomic E-state index is 0.101. The molecule has 0 aliphatic carbocycles. The van der Waals surface area contributed by atoms with Gasteiger partial charge in [-0.2, -0.15) is 0 Å². The minimum Gasteiger partial charge on any atom is -0.465 e. The average molecular weight is 679 g/mol. The van der Waals surface area contributed by atoms with Crippen LogP contribution in [0.3, 0.4) is 0 Å². The molecule has 48 heavy (non-hydrogen) atoms. The molecule has 278 valence electrons. The summed E-state index contributed by atoms with van der Waals surface area (Å²) in [7, 11) is 0. The second-order valence-corrected chi connectivity index (χ2v) is 10.9. The number of ether oxygens (including phenoxy) is 4. The van der Waals surface area contributed by atoms with Gasteiger partial charge in [0, 0.05) is 24.8 Å². The van der Waals surface area contributed by atoms with Crippen LogP contribution in [0.2, 0.25) is 0 Å². The third kappa shape index (κ3) is 49.5. The first kappa shape index (κ1) is 51.4. The number of allylic oxidation sites excluding steroid dienone is 5. The molecule has 0 saturated heterocycles. The zero-order valence-electron chi connectivity index (χ0n) is 32.1. The van der Waals surface area contributed by atoms with Crippen molar-refractivity contribution in [3.8, 4) is 0 Å². The van der Waals surface area contributed by atoms with E-state index in [0.717, 1.165) is 51.4 Å². The average Bonchev–Trinajstić information content (AvgIpc) is 3.07. The Labute approximate surface area is 294 Å². The van der Waals surface area contributed by atoms with Crippen molar-refractivity contribution in [1.29, 1.82) is 0 Å². The maximum atomic E-state index is 11.1. The Balaban J connectivity index is -0.000000270. The van der Waals surface area contributed by atoms with Gasteiger partial charge in [0.15, 0.2) is 0 Å². The minimum atomic E-state index is -0.215. The zero-order valence-corrected chi connectivity index (χ0v) is 32.1. The molecule has 0 heterocycles. The van der Waals surface area contributed by atoms with Gasteiger partial charge in [0.25, 0.3) is 0 Å². The number of carbonyl (C=O) groups is 4. The normalized spacial score (nSPS) is 11.0. The number of rotatable bonds is 21. The summed E-state index contributed by atoms with van der Waals surface area (Å²) in [6.07, 6.45) is 27.4. The first-order valence-corrected chi connectivity index (χ1v) is 17.9. The van der Waals surface area contributed by atoms with Crippen molar-refractivity contribution in [2.45, 2.75) is 140 Å². The Morgan fingerprint density at radius 1 is 0.542 bits per heavy atom. The number of hydrogen-bond donors (Lipinski definition) is 0. The predicted molar refractivity (Wildman–Crippen MR) is 199 cm³/mol. The van der Waals surface area contributed by atoms with Crippen LogP contribution in [0.1, 0.15) is 140 Å². The molecule has 0 amide bonds. The van der Waals surface area contributed by atoms with Crippen molar-refractivity contribution in [2.75, 3.05) is 26.4 Å². The second kappa shape index (κ2) is 43.6. The lowest BCUT2D eigenvalue weighted by Gasteiger charge is -2.03. The van der Waals surface area contributed by atoms with Crippen LogP contribution in [0, 0.1) is 5.92 Å². The first-order valence-electron chi connectivity index (χ1n) is 17.9. The maximum Gasteiger partial charge on any atom is 0.333 e. The van der Waals surface area contributed by atoms with Gasteiger partial charge in [0.05, 0.1) is 13.2 Å². The molecule has 0 aliphatic rings. The van der Waals surface area contributed by atoms with Gasteiger partial charge in [-0.1, -0.05) is 123 Å². The molecule has 0 aromatic heterocycles. The smallest absolute Gasteiger partial charge is 0.333 e. The summed E-state index contributed by atoms with van der Waals surface area (Å²) in [6, 6.07) is 0. The maximum absolute atomic E-state index is 11.1. The largest absolute Gasteiger partial charge is 0.465 e. The van der Waals surface area contributed by atoms with Crippen LogP contribution in [0.25, 0.3) is 0 Å². The van der Waals surface area contributed by atoms with E-state index in [4.69, 9.17) is 18.9 Å². The number of carbonyl (C=O) groups excluding carboxylic acids is 4. The van der Waals surface area contributed by atoms with Gasteiger partial charge in [-0.3, -0.25) is 14.4 Å². The summed E-state index contributed by atoms with van der Waals surface area (Å²) in [5.41, 5.74) is 0.666. The highest BCUT2D eigenvalue weighted by atomic mass is 16.5. The molecule has 8 heteroatoms. The fraction of sp³-hybridized carbons (Fsp3) is 0.650. The number of esters is 4. The SMILES string of the molecule is C/C=C(\C)C(=O)OCC/C=C\CC.CC/C=C\CCOC(=O)CC.CCCC=CCOC(=O)CC.CCCC=CCOC(=O)CC(C)C. The molecule has 0 radical (unpaired) electrons. The molecule has 0 saturated carbocycles. The summed E-state index contributed by atoms with van der Waals surface area (Å²) < 4.78 is 19.6. The molecule has 0 aliphatic heterocycles. The molecule has 0 fully saturated rings. The van der Waals surface area contributed by atoms with E-state index in [1.54, 1.807) is 26.8 Å². The molecule has 0 N–H and O–H groups in total. The summed E-state index contributed by atoms with van der Waals surface area (Å²) in [6.45, 7) is 21.4. The van der Waals surface area contributed by atoms with Gasteiger partial charge >= 0.3 is 23.9 Å². The van der Waals surface area contributed by atoms with Crippen molar-refractivity contribution < 1.29 is 38.1 Å². The predicted octanol–water partition coefficient (Wildman–Crippen LogP) is 10.4. The quantitative estimate of drug-likeness (QED) is 0.0388. The lowest BCUT2D eigenvalue weighted by molar-refractivity contribution is -0.144. The standard InChI is InChI=1S/C11H20O2.C11H18O2.2C9H16O2/c1-4-5-6-7-8-13-11(12)9-10(2)3;1-4-6-7-8-9-13-11(12)10(3)5-2;2*1-3-5-6-7-8-11-9(10)4-2/h6-7,10H,4-5,8-9H2,1-3H3;5-7H,4,8-9H2,1-3H3;6-7H,3-5,8H2,1-2H3;5-6H,3-4,7-8H2,1-2H3/b;7-6-,10-5+;;6-5-. The van der Waals surface area contributed by atoms with E-state index in [2.05, 4.69) is 39.8 Å². The summed E-state index contributed by atoms with van der Waals surface area (Å²) in [4.78, 5) is 43.3. The van der Waals surface area contributed by atoms with Crippen LogP contribution in [0.15, 0.2) is 60.3 Å². The van der Waals surface area contributed by atoms with Crippen LogP contribution in [-0.4, -0.2) is 50.3 Å². The van der Waals surface area contributed by atoms with Crippen molar-refractivity contribution in [2.24, 2.45) is 5.92 Å². The van der Waals surface area contributed by atoms with Gasteiger partial charge in [-0.05, 0) is 58.3 Å². The first-order chi connectivity index (χ1) is 23.0. The summed E-state index contributed by atoms with van der Waals surface area (Å²) in [5, 5.41) is 0. The van der Waals surface area contributed by atoms with Gasteiger partial charge in [-0.25, -0.2) is 4.79 Å². The Morgan fingerprint density at radius 3 is 1.35 bits per heavy atom. The van der Waals surface area contributed by atoms with E-state index in [9.17, 15) is 19.2 Å². The van der Waals surface area contributed by atoms with E-state index in [-0.39, 0.29) is 23.9 Å². The van der Waals surface area contributed by atoms with Crippen LogP contribution >= 0.6 is 0 Å². The summed E-state index contributed by atoms with van der Waals surface area (Å²) >= 11 is 0. The molecular formula is C40H70O8. The Morgan fingerprint density at radius 2 is 0.958 bits per heavy atom. The lowest BCUT2D eigenvalue weighted by Crippen LogP contribution is -2.07. The van der Waals surface area contributed by atoms with Gasteiger partial charge < -0.3 is 18.9 Å². The molecule has 0 aromatic rings. The zero-order chi connectivity index (χ0) is 37.3. The second-order valence-electron chi connectivity index (χ2n) is 10.9. The lowest BCUT2D eigenvalue weighted by atomic mass is 10.1. The van der Waals surface area contributed by atoms with E-state index in [0.29, 0.717) is 57.2 Å². The topological polar surface area (TPSA) is 105 Å². The molecule has 8 nitrogen and oxygen atoms in total. The molecular weight excluding hydrogens is 608 g/mol. The fourth-order valence-electron chi connectivity index (χ4n) is 2.84. The molecule has 0 unspecified atom stereocenters. The van der Waals surface area contributed by atoms with Gasteiger partial charge in [-0.15, -0.1) is 0 Å². The van der Waals surface area contributed by atoms with Crippen molar-refractivity contribution in [1.82, 2.24) is 0 Å². The monoisotopic (exact) mass is 679 g/mol. The van der Waals surface area contributed by atoms with Gasteiger partial charge in [0.1, 0.15) is 13.2 Å². The van der Waals surface area contributed by atoms with Crippen molar-refractivity contribution in [3.63, 3.8) is 0 Å². The van der Waals surface area contributed by atoms with E-state index in [1.807, 2.05) is 57.2 Å². The van der Waals surface area contributed by atoms with E-state index < -0.39 is 0 Å². The van der Waals surface area contributed by atoms with Crippen LogP contribution < -0.4 is 0 Å². The van der Waals surface area contributed by atoms with Crippen LogP contribution in [0.5, 0.6) is 0 Å². The molecule has 0 rings (SSSR count). The third-order valence-electron chi connectivity index (χ3n) is 5.70. The molecule has 0 aromatic carbocycles. The Bertz CT molecular complexity index is 910. The van der Waals surface area contributed by atoms with Crippen LogP contribution in [-0.2, 0) is 38.1 Å². The molecule has 0 spiro atoms.